The molecule has 2 atom stereocenters. The van der Waals surface area contributed by atoms with Crippen LogP contribution in [0.5, 0.6) is 0 Å². The molecule has 2 rings (SSSR count). The Balaban J connectivity index is 1.86. The van der Waals surface area contributed by atoms with Gasteiger partial charge in [-0.15, -0.1) is 0 Å². The first kappa shape index (κ1) is 11.4. The van der Waals surface area contributed by atoms with Crippen LogP contribution in [0.2, 0.25) is 0 Å². The Kier molecular flexibility index (Phi) is 3.42. The quantitative estimate of drug-likeness (QED) is 0.689. The lowest BCUT2D eigenvalue weighted by Gasteiger charge is -2.22. The molecule has 2 aliphatic rings. The van der Waals surface area contributed by atoms with Crippen molar-refractivity contribution in [1.29, 1.82) is 5.26 Å². The number of aliphatic hydroxyl groups is 1. The van der Waals surface area contributed by atoms with E-state index in [9.17, 15) is 9.90 Å². The summed E-state index contributed by atoms with van der Waals surface area (Å²) in [4.78, 5) is 15.6. The van der Waals surface area contributed by atoms with E-state index in [-0.39, 0.29) is 18.1 Å². The van der Waals surface area contributed by atoms with Gasteiger partial charge in [-0.3, -0.25) is 9.69 Å². The van der Waals surface area contributed by atoms with Crippen LogP contribution in [0, 0.1) is 11.3 Å². The standard InChI is InChI=1S/C11H17N3O2/c12-6-9-2-1-4-14(9)11(16)8-13-5-3-10(15)7-13/h9-10,15H,1-5,7-8H2/t9-,10+/m0/s1. The first-order chi connectivity index (χ1) is 7.70. The van der Waals surface area contributed by atoms with Crippen molar-refractivity contribution in [3.05, 3.63) is 0 Å². The third-order valence-corrected chi connectivity index (χ3v) is 3.33. The summed E-state index contributed by atoms with van der Waals surface area (Å²) in [5.41, 5.74) is 0. The highest BCUT2D eigenvalue weighted by atomic mass is 16.3. The van der Waals surface area contributed by atoms with E-state index in [1.165, 1.54) is 0 Å². The van der Waals surface area contributed by atoms with E-state index in [0.717, 1.165) is 25.8 Å². The van der Waals surface area contributed by atoms with Crippen molar-refractivity contribution in [3.8, 4) is 6.07 Å². The molecule has 2 heterocycles. The molecule has 2 saturated heterocycles. The molecule has 88 valence electrons. The summed E-state index contributed by atoms with van der Waals surface area (Å²) in [7, 11) is 0. The number of hydrogen-bond acceptors (Lipinski definition) is 4. The Morgan fingerprint density at radius 2 is 2.25 bits per heavy atom. The van der Waals surface area contributed by atoms with Gasteiger partial charge in [-0.05, 0) is 19.3 Å². The van der Waals surface area contributed by atoms with Gasteiger partial charge in [-0.1, -0.05) is 0 Å². The zero-order chi connectivity index (χ0) is 11.5. The minimum atomic E-state index is -0.293. The van der Waals surface area contributed by atoms with Crippen LogP contribution < -0.4 is 0 Å². The average Bonchev–Trinajstić information content (AvgIpc) is 2.86. The second-order valence-corrected chi connectivity index (χ2v) is 4.55. The Morgan fingerprint density at radius 3 is 2.88 bits per heavy atom. The van der Waals surface area contributed by atoms with Crippen molar-refractivity contribution in [3.63, 3.8) is 0 Å². The molecule has 1 amide bonds. The predicted molar refractivity (Wildman–Crippen MR) is 57.4 cm³/mol. The van der Waals surface area contributed by atoms with Crippen LogP contribution in [0.4, 0.5) is 0 Å². The average molecular weight is 223 g/mol. The fourth-order valence-electron chi connectivity index (χ4n) is 2.44. The highest BCUT2D eigenvalue weighted by molar-refractivity contribution is 5.79. The minimum Gasteiger partial charge on any atom is -0.392 e. The van der Waals surface area contributed by atoms with Gasteiger partial charge in [0.05, 0.1) is 18.7 Å². The molecule has 1 N–H and O–H groups in total. The highest BCUT2D eigenvalue weighted by Crippen LogP contribution is 2.17. The number of rotatable bonds is 2. The van der Waals surface area contributed by atoms with Gasteiger partial charge >= 0.3 is 0 Å². The molecule has 0 saturated carbocycles. The summed E-state index contributed by atoms with van der Waals surface area (Å²) in [6.45, 7) is 2.40. The van der Waals surface area contributed by atoms with Gasteiger partial charge in [0.25, 0.3) is 0 Å². The molecule has 0 radical (unpaired) electrons. The van der Waals surface area contributed by atoms with E-state index in [1.807, 2.05) is 4.90 Å². The van der Waals surface area contributed by atoms with Crippen LogP contribution in [0.15, 0.2) is 0 Å². The number of amides is 1. The molecule has 0 aromatic heterocycles. The lowest BCUT2D eigenvalue weighted by atomic mass is 10.2. The van der Waals surface area contributed by atoms with E-state index in [4.69, 9.17) is 5.26 Å². The van der Waals surface area contributed by atoms with E-state index in [1.54, 1.807) is 4.90 Å². The van der Waals surface area contributed by atoms with Crippen molar-refractivity contribution >= 4 is 5.91 Å². The number of aliphatic hydroxyl groups excluding tert-OH is 1. The van der Waals surface area contributed by atoms with Crippen LogP contribution in [-0.4, -0.2) is 59.1 Å². The second kappa shape index (κ2) is 4.81. The predicted octanol–water partition coefficient (Wildman–Crippen LogP) is -0.432. The van der Waals surface area contributed by atoms with Crippen molar-refractivity contribution in [2.24, 2.45) is 0 Å². The van der Waals surface area contributed by atoms with Crippen molar-refractivity contribution in [2.45, 2.75) is 31.4 Å². The first-order valence-electron chi connectivity index (χ1n) is 5.80. The zero-order valence-corrected chi connectivity index (χ0v) is 9.30. The molecule has 2 aliphatic heterocycles. The van der Waals surface area contributed by atoms with Gasteiger partial charge < -0.3 is 10.0 Å². The topological polar surface area (TPSA) is 67.6 Å². The highest BCUT2D eigenvalue weighted by Gasteiger charge is 2.30. The molecular formula is C11H17N3O2. The fourth-order valence-corrected chi connectivity index (χ4v) is 2.44. The molecule has 0 aliphatic carbocycles. The maximum Gasteiger partial charge on any atom is 0.237 e. The molecule has 0 unspecified atom stereocenters. The monoisotopic (exact) mass is 223 g/mol. The summed E-state index contributed by atoms with van der Waals surface area (Å²) in [5.74, 6) is 0.0261. The Labute approximate surface area is 95.2 Å². The number of nitrogens with zero attached hydrogens (tertiary/aromatic N) is 3. The largest absolute Gasteiger partial charge is 0.392 e. The van der Waals surface area contributed by atoms with Gasteiger partial charge in [0.15, 0.2) is 0 Å². The number of hydrogen-bond donors (Lipinski definition) is 1. The molecule has 5 heteroatoms. The number of nitriles is 1. The van der Waals surface area contributed by atoms with Crippen LogP contribution in [-0.2, 0) is 4.79 Å². The number of likely N-dealkylation sites (tertiary alicyclic amines) is 2. The SMILES string of the molecule is N#C[C@@H]1CCCN1C(=O)CN1CC[C@@H](O)C1. The molecule has 2 fully saturated rings. The smallest absolute Gasteiger partial charge is 0.237 e. The third-order valence-electron chi connectivity index (χ3n) is 3.33. The lowest BCUT2D eigenvalue weighted by molar-refractivity contribution is -0.132. The molecule has 0 bridgehead atoms. The van der Waals surface area contributed by atoms with Gasteiger partial charge in [-0.25, -0.2) is 0 Å². The Hall–Kier alpha value is -1.12. The lowest BCUT2D eigenvalue weighted by Crippen LogP contribution is -2.41. The first-order valence-corrected chi connectivity index (χ1v) is 5.80. The molecule has 16 heavy (non-hydrogen) atoms. The van der Waals surface area contributed by atoms with Gasteiger partial charge in [-0.2, -0.15) is 5.26 Å². The maximum absolute atomic E-state index is 11.9. The van der Waals surface area contributed by atoms with Gasteiger partial charge in [0, 0.05) is 19.6 Å². The Morgan fingerprint density at radius 1 is 1.44 bits per heavy atom. The third kappa shape index (κ3) is 2.34. The van der Waals surface area contributed by atoms with Crippen molar-refractivity contribution in [2.75, 3.05) is 26.2 Å². The van der Waals surface area contributed by atoms with Crippen molar-refractivity contribution < 1.29 is 9.90 Å². The second-order valence-electron chi connectivity index (χ2n) is 4.55. The van der Waals surface area contributed by atoms with Crippen LogP contribution in [0.1, 0.15) is 19.3 Å². The normalized spacial score (nSPS) is 30.6. The van der Waals surface area contributed by atoms with Crippen LogP contribution in [0.25, 0.3) is 0 Å². The summed E-state index contributed by atoms with van der Waals surface area (Å²) in [6, 6.07) is 1.93. The summed E-state index contributed by atoms with van der Waals surface area (Å²) < 4.78 is 0. The summed E-state index contributed by atoms with van der Waals surface area (Å²) >= 11 is 0. The molecule has 0 aromatic carbocycles. The van der Waals surface area contributed by atoms with E-state index >= 15 is 0 Å². The Bertz CT molecular complexity index is 313. The van der Waals surface area contributed by atoms with E-state index < -0.39 is 0 Å². The number of β-amino-alcohol motifs (C(OH)–C–C–N with tert-alkyl or cyclic N) is 1. The van der Waals surface area contributed by atoms with Crippen molar-refractivity contribution in [1.82, 2.24) is 9.80 Å². The maximum atomic E-state index is 11.9. The molecule has 0 aromatic rings. The molecule has 5 nitrogen and oxygen atoms in total. The minimum absolute atomic E-state index is 0.0261. The van der Waals surface area contributed by atoms with Crippen LogP contribution in [0.3, 0.4) is 0 Å². The fraction of sp³-hybridized carbons (Fsp3) is 0.818. The molecule has 0 spiro atoms. The van der Waals surface area contributed by atoms with Gasteiger partial charge in [0.2, 0.25) is 5.91 Å². The summed E-state index contributed by atoms with van der Waals surface area (Å²) in [6.07, 6.45) is 2.17. The summed E-state index contributed by atoms with van der Waals surface area (Å²) in [5, 5.41) is 18.2. The number of carbonyl (C=O) groups excluding carboxylic acids is 1. The number of carbonyl (C=O) groups is 1. The zero-order valence-electron chi connectivity index (χ0n) is 9.30. The van der Waals surface area contributed by atoms with Gasteiger partial charge in [0.1, 0.15) is 6.04 Å². The van der Waals surface area contributed by atoms with E-state index in [2.05, 4.69) is 6.07 Å². The van der Waals surface area contributed by atoms with Crippen LogP contribution >= 0.6 is 0 Å². The van der Waals surface area contributed by atoms with E-state index in [0.29, 0.717) is 19.6 Å². The molecular weight excluding hydrogens is 206 g/mol.